The quantitative estimate of drug-likeness (QED) is 0.871. The lowest BCUT2D eigenvalue weighted by Crippen LogP contribution is -2.07. The highest BCUT2D eigenvalue weighted by Gasteiger charge is 2.10. The Balaban J connectivity index is 2.15. The Morgan fingerprint density at radius 3 is 2.78 bits per heavy atom. The largest absolute Gasteiger partial charge is 0.487 e. The van der Waals surface area contributed by atoms with E-state index in [0.29, 0.717) is 13.2 Å². The van der Waals surface area contributed by atoms with Crippen LogP contribution in [-0.2, 0) is 13.0 Å². The number of hydrogen-bond donors (Lipinski definition) is 1. The number of rotatable bonds is 5. The summed E-state index contributed by atoms with van der Waals surface area (Å²) in [4.78, 5) is 0. The Bertz CT molecular complexity index is 523. The smallest absolute Gasteiger partial charge is 0.145 e. The third-order valence-corrected chi connectivity index (χ3v) is 2.81. The van der Waals surface area contributed by atoms with Crippen molar-refractivity contribution >= 4 is 0 Å². The first-order valence-corrected chi connectivity index (χ1v) is 5.91. The summed E-state index contributed by atoms with van der Waals surface area (Å²) in [6.45, 7) is 4.82. The molecule has 0 aliphatic heterocycles. The van der Waals surface area contributed by atoms with Crippen LogP contribution < -0.4 is 10.5 Å². The molecular formula is C13H17N3O2. The van der Waals surface area contributed by atoms with Gasteiger partial charge in [-0.2, -0.15) is 0 Å². The van der Waals surface area contributed by atoms with Crippen molar-refractivity contribution in [2.24, 2.45) is 5.73 Å². The molecule has 0 spiro atoms. The number of aryl methyl sites for hydroxylation is 2. The molecule has 5 heteroatoms. The van der Waals surface area contributed by atoms with Crippen LogP contribution in [-0.4, -0.2) is 16.9 Å². The number of benzene rings is 1. The van der Waals surface area contributed by atoms with E-state index in [9.17, 15) is 0 Å². The van der Waals surface area contributed by atoms with Crippen LogP contribution in [0.4, 0.5) is 0 Å². The van der Waals surface area contributed by atoms with Gasteiger partial charge in [-0.05, 0) is 37.9 Å². The molecule has 18 heavy (non-hydrogen) atoms. The summed E-state index contributed by atoms with van der Waals surface area (Å²) >= 11 is 0. The van der Waals surface area contributed by atoms with Crippen molar-refractivity contribution in [3.63, 3.8) is 0 Å². The summed E-state index contributed by atoms with van der Waals surface area (Å²) in [5.74, 6) is 0.880. The zero-order valence-corrected chi connectivity index (χ0v) is 10.6. The monoisotopic (exact) mass is 247 g/mol. The minimum absolute atomic E-state index is 0.359. The second-order valence-electron chi connectivity index (χ2n) is 4.19. The SMILES string of the molecule is Cc1cccc(CCN)c1OCc1nonc1C. The lowest BCUT2D eigenvalue weighted by molar-refractivity contribution is 0.267. The van der Waals surface area contributed by atoms with Crippen LogP contribution >= 0.6 is 0 Å². The van der Waals surface area contributed by atoms with Gasteiger partial charge < -0.3 is 10.5 Å². The molecule has 1 aromatic heterocycles. The number of ether oxygens (including phenoxy) is 1. The van der Waals surface area contributed by atoms with Gasteiger partial charge in [0.05, 0.1) is 0 Å². The van der Waals surface area contributed by atoms with Crippen molar-refractivity contribution in [2.75, 3.05) is 6.54 Å². The predicted octanol–water partition coefficient (Wildman–Crippen LogP) is 1.77. The van der Waals surface area contributed by atoms with Gasteiger partial charge in [0.1, 0.15) is 23.7 Å². The lowest BCUT2D eigenvalue weighted by Gasteiger charge is -2.12. The highest BCUT2D eigenvalue weighted by molar-refractivity contribution is 5.41. The maximum atomic E-state index is 5.83. The molecule has 2 rings (SSSR count). The third-order valence-electron chi connectivity index (χ3n) is 2.81. The fourth-order valence-electron chi connectivity index (χ4n) is 1.79. The normalized spacial score (nSPS) is 10.6. The Morgan fingerprint density at radius 1 is 1.28 bits per heavy atom. The predicted molar refractivity (Wildman–Crippen MR) is 67.3 cm³/mol. The molecule has 0 bridgehead atoms. The van der Waals surface area contributed by atoms with Crippen molar-refractivity contribution < 1.29 is 9.37 Å². The van der Waals surface area contributed by atoms with Gasteiger partial charge in [0.25, 0.3) is 0 Å². The number of para-hydroxylation sites is 1. The van der Waals surface area contributed by atoms with Crippen LogP contribution in [0.15, 0.2) is 22.8 Å². The number of aromatic nitrogens is 2. The molecule has 0 aliphatic carbocycles. The van der Waals surface area contributed by atoms with Gasteiger partial charge in [0.15, 0.2) is 0 Å². The Kier molecular flexibility index (Phi) is 3.94. The van der Waals surface area contributed by atoms with Crippen molar-refractivity contribution in [1.82, 2.24) is 10.3 Å². The summed E-state index contributed by atoms with van der Waals surface area (Å²) in [5.41, 5.74) is 9.28. The minimum atomic E-state index is 0.359. The molecule has 5 nitrogen and oxygen atoms in total. The minimum Gasteiger partial charge on any atom is -0.487 e. The molecule has 1 aromatic carbocycles. The molecule has 0 saturated carbocycles. The van der Waals surface area contributed by atoms with Gasteiger partial charge in [0.2, 0.25) is 0 Å². The maximum Gasteiger partial charge on any atom is 0.145 e. The van der Waals surface area contributed by atoms with Crippen LogP contribution in [0.3, 0.4) is 0 Å². The molecule has 0 amide bonds. The molecule has 0 radical (unpaired) electrons. The number of hydrogen-bond acceptors (Lipinski definition) is 5. The topological polar surface area (TPSA) is 74.2 Å². The summed E-state index contributed by atoms with van der Waals surface area (Å²) in [6, 6.07) is 6.06. The Labute approximate surface area is 106 Å². The van der Waals surface area contributed by atoms with Crippen LogP contribution in [0.2, 0.25) is 0 Å². The molecule has 0 saturated heterocycles. The molecule has 0 aliphatic rings. The number of nitrogens with two attached hydrogens (primary N) is 1. The van der Waals surface area contributed by atoms with E-state index in [2.05, 4.69) is 14.9 Å². The molecule has 96 valence electrons. The van der Waals surface area contributed by atoms with E-state index in [1.807, 2.05) is 32.0 Å². The highest BCUT2D eigenvalue weighted by Crippen LogP contribution is 2.24. The fourth-order valence-corrected chi connectivity index (χ4v) is 1.79. The fraction of sp³-hybridized carbons (Fsp3) is 0.385. The zero-order valence-electron chi connectivity index (χ0n) is 10.6. The summed E-state index contributed by atoms with van der Waals surface area (Å²) < 4.78 is 10.5. The van der Waals surface area contributed by atoms with E-state index in [0.717, 1.165) is 34.7 Å². The first kappa shape index (κ1) is 12.6. The number of nitrogens with zero attached hydrogens (tertiary/aromatic N) is 2. The second kappa shape index (κ2) is 5.64. The first-order chi connectivity index (χ1) is 8.72. The molecule has 0 unspecified atom stereocenters. The van der Waals surface area contributed by atoms with Crippen LogP contribution in [0.25, 0.3) is 0 Å². The molecular weight excluding hydrogens is 230 g/mol. The van der Waals surface area contributed by atoms with E-state index in [4.69, 9.17) is 10.5 Å². The summed E-state index contributed by atoms with van der Waals surface area (Å²) in [6.07, 6.45) is 0.799. The average molecular weight is 247 g/mol. The van der Waals surface area contributed by atoms with E-state index < -0.39 is 0 Å². The highest BCUT2D eigenvalue weighted by atomic mass is 16.6. The molecule has 0 fully saturated rings. The van der Waals surface area contributed by atoms with Crippen LogP contribution in [0.1, 0.15) is 22.5 Å². The van der Waals surface area contributed by atoms with E-state index in [1.165, 1.54) is 0 Å². The Hall–Kier alpha value is -1.88. The zero-order chi connectivity index (χ0) is 13.0. The van der Waals surface area contributed by atoms with Gasteiger partial charge in [-0.1, -0.05) is 28.5 Å². The average Bonchev–Trinajstić information content (AvgIpc) is 2.75. The molecule has 0 atom stereocenters. The van der Waals surface area contributed by atoms with Gasteiger partial charge in [-0.15, -0.1) is 0 Å². The Morgan fingerprint density at radius 2 is 2.11 bits per heavy atom. The standard InChI is InChI=1S/C13H17N3O2/c1-9-4-3-5-11(6-7-14)13(9)17-8-12-10(2)15-18-16-12/h3-5H,6-8,14H2,1-2H3. The van der Waals surface area contributed by atoms with Crippen LogP contribution in [0.5, 0.6) is 5.75 Å². The van der Waals surface area contributed by atoms with E-state index in [-0.39, 0.29) is 0 Å². The first-order valence-electron chi connectivity index (χ1n) is 5.91. The summed E-state index contributed by atoms with van der Waals surface area (Å²) in [7, 11) is 0. The van der Waals surface area contributed by atoms with Crippen molar-refractivity contribution in [2.45, 2.75) is 26.9 Å². The van der Waals surface area contributed by atoms with E-state index >= 15 is 0 Å². The molecule has 2 aromatic rings. The van der Waals surface area contributed by atoms with Crippen molar-refractivity contribution in [3.05, 3.63) is 40.7 Å². The van der Waals surface area contributed by atoms with Gasteiger partial charge in [-0.25, -0.2) is 4.63 Å². The maximum absolute atomic E-state index is 5.83. The second-order valence-corrected chi connectivity index (χ2v) is 4.19. The molecule has 1 heterocycles. The molecule has 2 N–H and O–H groups in total. The van der Waals surface area contributed by atoms with Gasteiger partial charge in [0, 0.05) is 0 Å². The van der Waals surface area contributed by atoms with Crippen molar-refractivity contribution in [3.8, 4) is 5.75 Å². The third kappa shape index (κ3) is 2.68. The summed E-state index contributed by atoms with van der Waals surface area (Å²) in [5, 5.41) is 7.52. The van der Waals surface area contributed by atoms with Gasteiger partial charge >= 0.3 is 0 Å². The van der Waals surface area contributed by atoms with Crippen molar-refractivity contribution in [1.29, 1.82) is 0 Å². The van der Waals surface area contributed by atoms with Crippen LogP contribution in [0, 0.1) is 13.8 Å². The van der Waals surface area contributed by atoms with E-state index in [1.54, 1.807) is 0 Å². The lowest BCUT2D eigenvalue weighted by atomic mass is 10.1. The van der Waals surface area contributed by atoms with Gasteiger partial charge in [-0.3, -0.25) is 0 Å².